The third kappa shape index (κ3) is 6.60. The van der Waals surface area contributed by atoms with Crippen LogP contribution in [-0.4, -0.2) is 35.4 Å². The number of nitrogens with one attached hydrogen (secondary N) is 2. The van der Waals surface area contributed by atoms with Crippen molar-refractivity contribution in [3.05, 3.63) is 72.4 Å². The molecule has 0 fully saturated rings. The van der Waals surface area contributed by atoms with Gasteiger partial charge in [0.15, 0.2) is 0 Å². The number of aromatic nitrogens is 1. The number of aryl methyl sites for hydroxylation is 1. The van der Waals surface area contributed by atoms with Gasteiger partial charge in [-0.2, -0.15) is 0 Å². The zero-order chi connectivity index (χ0) is 22.1. The van der Waals surface area contributed by atoms with Gasteiger partial charge in [0, 0.05) is 5.39 Å². The Labute approximate surface area is 182 Å². The molecule has 0 saturated carbocycles. The molecule has 162 valence electrons. The standard InChI is InChI=1S/C24H29N5O2/c25-14-6-10-20(26)23(30)29-22(13-12-17-7-2-1-3-8-17)24(31)28-19-15-18-9-4-5-11-21(18)27-16-19/h1-5,7-9,11,15-16,20,22H,6,10,12-14,25-26H2,(H,28,31)(H,29,30)/t20-,22?/m0/s1. The van der Waals surface area contributed by atoms with Crippen molar-refractivity contribution < 1.29 is 9.59 Å². The van der Waals surface area contributed by atoms with E-state index in [1.165, 1.54) is 0 Å². The molecule has 7 nitrogen and oxygen atoms in total. The molecule has 2 aromatic carbocycles. The lowest BCUT2D eigenvalue weighted by Crippen LogP contribution is -2.50. The molecule has 0 aliphatic carbocycles. The van der Waals surface area contributed by atoms with Gasteiger partial charge in [-0.1, -0.05) is 48.5 Å². The minimum atomic E-state index is -0.719. The number of hydrogen-bond donors (Lipinski definition) is 4. The second-order valence-corrected chi connectivity index (χ2v) is 7.53. The van der Waals surface area contributed by atoms with Crippen LogP contribution in [0.1, 0.15) is 24.8 Å². The van der Waals surface area contributed by atoms with Crippen molar-refractivity contribution in [2.45, 2.75) is 37.8 Å². The second kappa shape index (κ2) is 11.2. The lowest BCUT2D eigenvalue weighted by Gasteiger charge is -2.21. The Kier molecular flexibility index (Phi) is 8.09. The van der Waals surface area contributed by atoms with Gasteiger partial charge in [-0.15, -0.1) is 0 Å². The first kappa shape index (κ1) is 22.4. The van der Waals surface area contributed by atoms with Crippen LogP contribution in [0.2, 0.25) is 0 Å². The topological polar surface area (TPSA) is 123 Å². The summed E-state index contributed by atoms with van der Waals surface area (Å²) >= 11 is 0. The predicted molar refractivity (Wildman–Crippen MR) is 123 cm³/mol. The molecule has 0 aliphatic rings. The number of nitrogens with zero attached hydrogens (tertiary/aromatic N) is 1. The Morgan fingerprint density at radius 3 is 2.48 bits per heavy atom. The third-order valence-corrected chi connectivity index (χ3v) is 5.11. The number of nitrogens with two attached hydrogens (primary N) is 2. The average Bonchev–Trinajstić information content (AvgIpc) is 2.80. The van der Waals surface area contributed by atoms with Crippen LogP contribution in [0.3, 0.4) is 0 Å². The van der Waals surface area contributed by atoms with Crippen molar-refractivity contribution in [1.29, 1.82) is 0 Å². The summed E-state index contributed by atoms with van der Waals surface area (Å²) in [5.41, 5.74) is 14.0. The monoisotopic (exact) mass is 419 g/mol. The molecule has 1 unspecified atom stereocenters. The van der Waals surface area contributed by atoms with Gasteiger partial charge in [-0.3, -0.25) is 14.6 Å². The molecule has 0 saturated heterocycles. The molecule has 7 heteroatoms. The van der Waals surface area contributed by atoms with E-state index in [-0.39, 0.29) is 11.8 Å². The quantitative estimate of drug-likeness (QED) is 0.402. The van der Waals surface area contributed by atoms with Crippen LogP contribution >= 0.6 is 0 Å². The van der Waals surface area contributed by atoms with Gasteiger partial charge in [0.1, 0.15) is 6.04 Å². The number of pyridine rings is 1. The highest BCUT2D eigenvalue weighted by molar-refractivity contribution is 5.98. The molecule has 0 spiro atoms. The van der Waals surface area contributed by atoms with Gasteiger partial charge in [-0.25, -0.2) is 0 Å². The summed E-state index contributed by atoms with van der Waals surface area (Å²) in [7, 11) is 0. The molecule has 1 aromatic heterocycles. The van der Waals surface area contributed by atoms with Gasteiger partial charge in [0.05, 0.1) is 23.4 Å². The summed E-state index contributed by atoms with van der Waals surface area (Å²) in [6.07, 6.45) is 3.84. The second-order valence-electron chi connectivity index (χ2n) is 7.53. The molecule has 0 radical (unpaired) electrons. The van der Waals surface area contributed by atoms with Crippen molar-refractivity contribution >= 4 is 28.4 Å². The Bertz CT molecular complexity index is 1010. The van der Waals surface area contributed by atoms with Crippen molar-refractivity contribution in [3.8, 4) is 0 Å². The number of hydrogen-bond acceptors (Lipinski definition) is 5. The number of para-hydroxylation sites is 1. The predicted octanol–water partition coefficient (Wildman–Crippen LogP) is 2.36. The number of amides is 2. The molecule has 6 N–H and O–H groups in total. The van der Waals surface area contributed by atoms with Gasteiger partial charge in [0.2, 0.25) is 11.8 Å². The van der Waals surface area contributed by atoms with Crippen LogP contribution in [0.15, 0.2) is 66.9 Å². The molecule has 31 heavy (non-hydrogen) atoms. The minimum absolute atomic E-state index is 0.299. The molecule has 3 aromatic rings. The minimum Gasteiger partial charge on any atom is -0.343 e. The molecule has 0 bridgehead atoms. The SMILES string of the molecule is NCCC[C@H](N)C(=O)NC(CCc1ccccc1)C(=O)Nc1cnc2ccccc2c1. The number of rotatable bonds is 10. The molecular weight excluding hydrogens is 390 g/mol. The maximum atomic E-state index is 13.0. The molecule has 1 heterocycles. The summed E-state index contributed by atoms with van der Waals surface area (Å²) < 4.78 is 0. The third-order valence-electron chi connectivity index (χ3n) is 5.11. The van der Waals surface area contributed by atoms with Crippen LogP contribution in [0, 0.1) is 0 Å². The average molecular weight is 420 g/mol. The molecule has 3 rings (SSSR count). The first-order chi connectivity index (χ1) is 15.1. The summed E-state index contributed by atoms with van der Waals surface area (Å²) in [4.78, 5) is 29.9. The molecule has 0 aliphatic heterocycles. The number of anilines is 1. The Balaban J connectivity index is 1.71. The largest absolute Gasteiger partial charge is 0.343 e. The summed E-state index contributed by atoms with van der Waals surface area (Å²) in [6, 6.07) is 18.0. The lowest BCUT2D eigenvalue weighted by molar-refractivity contribution is -0.127. The van der Waals surface area contributed by atoms with Crippen molar-refractivity contribution in [3.63, 3.8) is 0 Å². The Morgan fingerprint density at radius 1 is 0.968 bits per heavy atom. The normalized spacial score (nSPS) is 12.8. The fourth-order valence-electron chi connectivity index (χ4n) is 3.34. The van der Waals surface area contributed by atoms with Crippen molar-refractivity contribution in [1.82, 2.24) is 10.3 Å². The summed E-state index contributed by atoms with van der Waals surface area (Å²) in [5.74, 6) is -0.648. The van der Waals surface area contributed by atoms with Gasteiger partial charge < -0.3 is 22.1 Å². The maximum absolute atomic E-state index is 13.0. The summed E-state index contributed by atoms with van der Waals surface area (Å²) in [6.45, 7) is 0.466. The zero-order valence-electron chi connectivity index (χ0n) is 17.5. The van der Waals surface area contributed by atoms with Crippen molar-refractivity contribution in [2.75, 3.05) is 11.9 Å². The van der Waals surface area contributed by atoms with E-state index in [1.54, 1.807) is 6.20 Å². The summed E-state index contributed by atoms with van der Waals surface area (Å²) in [5, 5.41) is 6.62. The fourth-order valence-corrected chi connectivity index (χ4v) is 3.34. The van der Waals surface area contributed by atoms with Crippen LogP contribution in [0.5, 0.6) is 0 Å². The van der Waals surface area contributed by atoms with Gasteiger partial charge in [-0.05, 0) is 49.9 Å². The molecular formula is C24H29N5O2. The first-order valence-electron chi connectivity index (χ1n) is 10.5. The van der Waals surface area contributed by atoms with Crippen LogP contribution in [0.25, 0.3) is 10.9 Å². The van der Waals surface area contributed by atoms with Crippen molar-refractivity contribution in [2.24, 2.45) is 11.5 Å². The molecule has 2 atom stereocenters. The van der Waals surface area contributed by atoms with Crippen LogP contribution < -0.4 is 22.1 Å². The van der Waals surface area contributed by atoms with E-state index < -0.39 is 12.1 Å². The highest BCUT2D eigenvalue weighted by Crippen LogP contribution is 2.17. The maximum Gasteiger partial charge on any atom is 0.247 e. The van der Waals surface area contributed by atoms with E-state index in [9.17, 15) is 9.59 Å². The number of benzene rings is 2. The van der Waals surface area contributed by atoms with E-state index in [0.29, 0.717) is 37.9 Å². The smallest absolute Gasteiger partial charge is 0.247 e. The Hall–Kier alpha value is -3.29. The van der Waals surface area contributed by atoms with E-state index >= 15 is 0 Å². The fraction of sp³-hybridized carbons (Fsp3) is 0.292. The van der Waals surface area contributed by atoms with E-state index in [2.05, 4.69) is 15.6 Å². The lowest BCUT2D eigenvalue weighted by atomic mass is 10.0. The number of carbonyl (C=O) groups is 2. The van der Waals surface area contributed by atoms with Gasteiger partial charge >= 0.3 is 0 Å². The van der Waals surface area contributed by atoms with E-state index in [0.717, 1.165) is 16.5 Å². The molecule has 2 amide bonds. The zero-order valence-corrected chi connectivity index (χ0v) is 17.5. The number of fused-ring (bicyclic) bond motifs is 1. The van der Waals surface area contributed by atoms with Crippen LogP contribution in [-0.2, 0) is 16.0 Å². The van der Waals surface area contributed by atoms with Gasteiger partial charge in [0.25, 0.3) is 0 Å². The number of carbonyl (C=O) groups excluding carboxylic acids is 2. The first-order valence-corrected chi connectivity index (χ1v) is 10.5. The van der Waals surface area contributed by atoms with E-state index in [1.807, 2.05) is 60.7 Å². The van der Waals surface area contributed by atoms with E-state index in [4.69, 9.17) is 11.5 Å². The Morgan fingerprint density at radius 2 is 1.71 bits per heavy atom. The van der Waals surface area contributed by atoms with Crippen LogP contribution in [0.4, 0.5) is 5.69 Å². The highest BCUT2D eigenvalue weighted by Gasteiger charge is 2.24. The highest BCUT2D eigenvalue weighted by atomic mass is 16.2.